The van der Waals surface area contributed by atoms with Crippen LogP contribution in [0.5, 0.6) is 0 Å². The third-order valence-electron chi connectivity index (χ3n) is 3.06. The van der Waals surface area contributed by atoms with Crippen LogP contribution in [0, 0.1) is 5.41 Å². The van der Waals surface area contributed by atoms with Crippen LogP contribution in [0.15, 0.2) is 24.5 Å². The van der Waals surface area contributed by atoms with Crippen LogP contribution in [0.1, 0.15) is 24.8 Å². The minimum Gasteiger partial charge on any atom is -0.481 e. The molecule has 1 heterocycles. The lowest BCUT2D eigenvalue weighted by Crippen LogP contribution is -2.39. The number of halogens is 1. The van der Waals surface area contributed by atoms with Crippen molar-refractivity contribution in [2.75, 3.05) is 0 Å². The van der Waals surface area contributed by atoms with Crippen molar-refractivity contribution in [1.82, 2.24) is 4.98 Å². The summed E-state index contributed by atoms with van der Waals surface area (Å²) in [7, 11) is 0. The second-order valence-corrected chi connectivity index (χ2v) is 3.97. The zero-order valence-electron chi connectivity index (χ0n) is 8.35. The van der Waals surface area contributed by atoms with E-state index in [2.05, 4.69) is 4.98 Å². The van der Waals surface area contributed by atoms with E-state index < -0.39 is 11.4 Å². The molecule has 1 N–H and O–H groups in total. The molecule has 15 heavy (non-hydrogen) atoms. The first-order valence-corrected chi connectivity index (χ1v) is 4.85. The van der Waals surface area contributed by atoms with E-state index in [1.165, 1.54) is 0 Å². The van der Waals surface area contributed by atoms with Gasteiger partial charge >= 0.3 is 5.97 Å². The number of hydrogen-bond donors (Lipinski definition) is 1. The first kappa shape index (κ1) is 12.0. The Hall–Kier alpha value is -1.09. The fraction of sp³-hybridized carbons (Fsp3) is 0.455. The Morgan fingerprint density at radius 1 is 1.40 bits per heavy atom. The molecular formula is C11H14ClNO2. The third kappa shape index (κ3) is 2.29. The van der Waals surface area contributed by atoms with E-state index in [1.807, 2.05) is 12.1 Å². The number of carbonyl (C=O) groups is 1. The summed E-state index contributed by atoms with van der Waals surface area (Å²) in [6, 6.07) is 3.78. The van der Waals surface area contributed by atoms with Crippen molar-refractivity contribution < 1.29 is 9.90 Å². The van der Waals surface area contributed by atoms with Crippen molar-refractivity contribution in [2.24, 2.45) is 5.41 Å². The Bertz CT molecular complexity index is 336. The maximum absolute atomic E-state index is 11.1. The molecule has 0 spiro atoms. The van der Waals surface area contributed by atoms with Gasteiger partial charge in [-0.3, -0.25) is 9.78 Å². The van der Waals surface area contributed by atoms with Crippen LogP contribution < -0.4 is 0 Å². The molecular weight excluding hydrogens is 214 g/mol. The van der Waals surface area contributed by atoms with E-state index in [1.54, 1.807) is 12.4 Å². The molecule has 0 unspecified atom stereocenters. The molecule has 0 radical (unpaired) electrons. The highest BCUT2D eigenvalue weighted by Crippen LogP contribution is 2.43. The zero-order valence-corrected chi connectivity index (χ0v) is 9.17. The molecule has 1 fully saturated rings. The molecule has 2 rings (SSSR count). The molecule has 0 amide bonds. The molecule has 0 aromatic carbocycles. The van der Waals surface area contributed by atoms with Crippen molar-refractivity contribution in [3.8, 4) is 0 Å². The molecule has 4 heteroatoms. The third-order valence-corrected chi connectivity index (χ3v) is 3.06. The average Bonchev–Trinajstić information content (AvgIpc) is 2.12. The lowest BCUT2D eigenvalue weighted by Gasteiger charge is -2.37. The molecule has 0 aliphatic heterocycles. The number of nitrogens with zero attached hydrogens (tertiary/aromatic N) is 1. The van der Waals surface area contributed by atoms with E-state index in [-0.39, 0.29) is 12.4 Å². The Morgan fingerprint density at radius 3 is 2.40 bits per heavy atom. The van der Waals surface area contributed by atoms with Crippen molar-refractivity contribution in [1.29, 1.82) is 0 Å². The van der Waals surface area contributed by atoms with Crippen LogP contribution >= 0.6 is 12.4 Å². The smallest absolute Gasteiger partial charge is 0.309 e. The highest BCUT2D eigenvalue weighted by Gasteiger charge is 2.44. The normalized spacial score (nSPS) is 17.3. The Morgan fingerprint density at radius 2 is 2.00 bits per heavy atom. The van der Waals surface area contributed by atoms with Gasteiger partial charge in [0, 0.05) is 12.4 Å². The lowest BCUT2D eigenvalue weighted by atomic mass is 9.65. The van der Waals surface area contributed by atoms with Gasteiger partial charge in [0.15, 0.2) is 0 Å². The van der Waals surface area contributed by atoms with Crippen LogP contribution in [-0.4, -0.2) is 16.1 Å². The summed E-state index contributed by atoms with van der Waals surface area (Å²) >= 11 is 0. The Kier molecular flexibility index (Phi) is 3.69. The quantitative estimate of drug-likeness (QED) is 0.862. The van der Waals surface area contributed by atoms with Gasteiger partial charge < -0.3 is 5.11 Å². The number of aliphatic carboxylic acids is 1. The Labute approximate surface area is 94.9 Å². The highest BCUT2D eigenvalue weighted by atomic mass is 35.5. The van der Waals surface area contributed by atoms with Crippen LogP contribution in [0.25, 0.3) is 0 Å². The number of hydrogen-bond acceptors (Lipinski definition) is 2. The largest absolute Gasteiger partial charge is 0.481 e. The van der Waals surface area contributed by atoms with E-state index in [0.717, 1.165) is 24.8 Å². The predicted molar refractivity (Wildman–Crippen MR) is 59.1 cm³/mol. The highest BCUT2D eigenvalue weighted by molar-refractivity contribution is 5.85. The monoisotopic (exact) mass is 227 g/mol. The lowest BCUT2D eigenvalue weighted by molar-refractivity contribution is -0.154. The van der Waals surface area contributed by atoms with Gasteiger partial charge in [-0.1, -0.05) is 6.42 Å². The summed E-state index contributed by atoms with van der Waals surface area (Å²) < 4.78 is 0. The van der Waals surface area contributed by atoms with E-state index in [9.17, 15) is 4.79 Å². The second-order valence-electron chi connectivity index (χ2n) is 3.97. The number of rotatable bonds is 3. The van der Waals surface area contributed by atoms with Crippen LogP contribution in [0.4, 0.5) is 0 Å². The van der Waals surface area contributed by atoms with Gasteiger partial charge in [-0.15, -0.1) is 12.4 Å². The van der Waals surface area contributed by atoms with E-state index >= 15 is 0 Å². The SMILES string of the molecule is Cl.O=C(O)C1(Cc2ccncc2)CCC1. The molecule has 1 aromatic heterocycles. The Balaban J connectivity index is 0.00000112. The van der Waals surface area contributed by atoms with Gasteiger partial charge in [0.1, 0.15) is 0 Å². The fourth-order valence-corrected chi connectivity index (χ4v) is 1.96. The molecule has 82 valence electrons. The predicted octanol–water partition coefficient (Wildman–Crippen LogP) is 2.30. The minimum absolute atomic E-state index is 0. The first-order chi connectivity index (χ1) is 6.73. The number of aromatic nitrogens is 1. The van der Waals surface area contributed by atoms with Gasteiger partial charge in [0.2, 0.25) is 0 Å². The van der Waals surface area contributed by atoms with E-state index in [4.69, 9.17) is 5.11 Å². The molecule has 0 bridgehead atoms. The number of carboxylic acid groups (broad SMARTS) is 1. The number of pyridine rings is 1. The summed E-state index contributed by atoms with van der Waals surface area (Å²) in [4.78, 5) is 15.0. The summed E-state index contributed by atoms with van der Waals surface area (Å²) in [6.07, 6.45) is 6.73. The number of carboxylic acids is 1. The topological polar surface area (TPSA) is 50.2 Å². The molecule has 0 atom stereocenters. The summed E-state index contributed by atoms with van der Waals surface area (Å²) in [6.45, 7) is 0. The molecule has 0 saturated heterocycles. The van der Waals surface area contributed by atoms with Crippen molar-refractivity contribution in [3.63, 3.8) is 0 Å². The van der Waals surface area contributed by atoms with Gasteiger partial charge in [-0.2, -0.15) is 0 Å². The summed E-state index contributed by atoms with van der Waals surface area (Å²) in [5, 5.41) is 9.13. The van der Waals surface area contributed by atoms with E-state index in [0.29, 0.717) is 6.42 Å². The van der Waals surface area contributed by atoms with Gasteiger partial charge in [0.25, 0.3) is 0 Å². The standard InChI is InChI=1S/C11H13NO2.ClH/c13-10(14)11(4-1-5-11)8-9-2-6-12-7-3-9;/h2-3,6-7H,1,4-5,8H2,(H,13,14);1H. The molecule has 1 aliphatic rings. The molecule has 1 aliphatic carbocycles. The maximum Gasteiger partial charge on any atom is 0.309 e. The van der Waals surface area contributed by atoms with Gasteiger partial charge in [0.05, 0.1) is 5.41 Å². The van der Waals surface area contributed by atoms with Crippen LogP contribution in [-0.2, 0) is 11.2 Å². The zero-order chi connectivity index (χ0) is 10.0. The summed E-state index contributed by atoms with van der Waals surface area (Å²) in [5.41, 5.74) is 0.587. The molecule has 1 saturated carbocycles. The van der Waals surface area contributed by atoms with Crippen LogP contribution in [0.3, 0.4) is 0 Å². The maximum atomic E-state index is 11.1. The first-order valence-electron chi connectivity index (χ1n) is 4.85. The molecule has 3 nitrogen and oxygen atoms in total. The van der Waals surface area contributed by atoms with Crippen molar-refractivity contribution in [3.05, 3.63) is 30.1 Å². The fourth-order valence-electron chi connectivity index (χ4n) is 1.96. The van der Waals surface area contributed by atoms with Gasteiger partial charge in [-0.05, 0) is 37.0 Å². The average molecular weight is 228 g/mol. The van der Waals surface area contributed by atoms with Crippen LogP contribution in [0.2, 0.25) is 0 Å². The van der Waals surface area contributed by atoms with Gasteiger partial charge in [-0.25, -0.2) is 0 Å². The van der Waals surface area contributed by atoms with Crippen molar-refractivity contribution in [2.45, 2.75) is 25.7 Å². The minimum atomic E-state index is -0.652. The second kappa shape index (κ2) is 4.62. The molecule has 1 aromatic rings. The summed E-state index contributed by atoms with van der Waals surface area (Å²) in [5.74, 6) is -0.652. The van der Waals surface area contributed by atoms with Crippen molar-refractivity contribution >= 4 is 18.4 Å².